The lowest BCUT2D eigenvalue weighted by atomic mass is 10.1. The number of unbranched alkanes of at least 4 members (excludes halogenated alkanes) is 1. The number of carbonyl (C=O) groups is 3. The molecule has 0 aliphatic rings. The van der Waals surface area contributed by atoms with Gasteiger partial charge in [-0.3, -0.25) is 0 Å². The Labute approximate surface area is 215 Å². The Bertz CT molecular complexity index is 1240. The van der Waals surface area contributed by atoms with Gasteiger partial charge in [-0.25, -0.2) is 14.4 Å². The van der Waals surface area contributed by atoms with E-state index in [-0.39, 0.29) is 0 Å². The maximum atomic E-state index is 12.5. The minimum atomic E-state index is -0.530. The molecule has 37 heavy (non-hydrogen) atoms. The second-order valence-corrected chi connectivity index (χ2v) is 8.07. The van der Waals surface area contributed by atoms with E-state index in [9.17, 15) is 14.4 Å². The number of esters is 3. The zero-order chi connectivity index (χ0) is 26.6. The standard InChI is InChI=1S/C30H28O7/c1-4-22-7-9-23(10-8-22)29(32)36-26-15-17-27(18-16-26)37-30(33)24-11-13-25(14-12-24)34-19-5-6-20-35-28(31)21(2)3/h4,7-18H,1-2,5-6,19-20H2,3H3. The second-order valence-electron chi connectivity index (χ2n) is 8.07. The van der Waals surface area contributed by atoms with Gasteiger partial charge in [0.15, 0.2) is 0 Å². The molecule has 3 aromatic carbocycles. The molecule has 0 spiro atoms. The Morgan fingerprint density at radius 2 is 1.16 bits per heavy atom. The zero-order valence-electron chi connectivity index (χ0n) is 20.6. The van der Waals surface area contributed by atoms with Crippen LogP contribution in [0.1, 0.15) is 46.0 Å². The fourth-order valence-electron chi connectivity index (χ4n) is 3.03. The summed E-state index contributed by atoms with van der Waals surface area (Å²) in [4.78, 5) is 36.0. The SMILES string of the molecule is C=Cc1ccc(C(=O)Oc2ccc(OC(=O)c3ccc(OCCCCOC(=O)C(=C)C)cc3)cc2)cc1. The van der Waals surface area contributed by atoms with Crippen molar-refractivity contribution in [3.63, 3.8) is 0 Å². The highest BCUT2D eigenvalue weighted by Crippen LogP contribution is 2.21. The molecule has 7 heteroatoms. The van der Waals surface area contributed by atoms with Gasteiger partial charge in [0, 0.05) is 5.57 Å². The lowest BCUT2D eigenvalue weighted by Crippen LogP contribution is -2.10. The Morgan fingerprint density at radius 1 is 0.703 bits per heavy atom. The van der Waals surface area contributed by atoms with Crippen LogP contribution in [-0.2, 0) is 9.53 Å². The van der Waals surface area contributed by atoms with Crippen molar-refractivity contribution >= 4 is 24.0 Å². The zero-order valence-corrected chi connectivity index (χ0v) is 20.6. The fraction of sp³-hybridized carbons (Fsp3) is 0.167. The van der Waals surface area contributed by atoms with Gasteiger partial charge < -0.3 is 18.9 Å². The summed E-state index contributed by atoms with van der Waals surface area (Å²) in [6.07, 6.45) is 3.07. The van der Waals surface area contributed by atoms with Crippen LogP contribution in [0, 0.1) is 0 Å². The summed E-state index contributed by atoms with van der Waals surface area (Å²) >= 11 is 0. The van der Waals surface area contributed by atoms with E-state index in [1.807, 2.05) is 0 Å². The lowest BCUT2D eigenvalue weighted by Gasteiger charge is -2.09. The number of hydrogen-bond donors (Lipinski definition) is 0. The largest absolute Gasteiger partial charge is 0.494 e. The number of rotatable bonds is 12. The molecule has 0 N–H and O–H groups in total. The van der Waals surface area contributed by atoms with E-state index in [1.165, 1.54) is 0 Å². The Kier molecular flexibility index (Phi) is 9.79. The maximum absolute atomic E-state index is 12.5. The highest BCUT2D eigenvalue weighted by atomic mass is 16.5. The molecule has 3 rings (SSSR count). The van der Waals surface area contributed by atoms with Crippen molar-refractivity contribution in [2.75, 3.05) is 13.2 Å². The minimum absolute atomic E-state index is 0.313. The van der Waals surface area contributed by atoms with Crippen LogP contribution in [0.3, 0.4) is 0 Å². The molecule has 7 nitrogen and oxygen atoms in total. The van der Waals surface area contributed by atoms with Gasteiger partial charge in [-0.1, -0.05) is 31.4 Å². The number of ether oxygens (including phenoxy) is 4. The van der Waals surface area contributed by atoms with Gasteiger partial charge in [-0.2, -0.15) is 0 Å². The molecule has 0 saturated carbocycles. The van der Waals surface area contributed by atoms with Crippen molar-refractivity contribution < 1.29 is 33.3 Å². The Hall–Kier alpha value is -4.65. The van der Waals surface area contributed by atoms with Crippen LogP contribution < -0.4 is 14.2 Å². The molecule has 0 amide bonds. The van der Waals surface area contributed by atoms with Crippen LogP contribution in [0.4, 0.5) is 0 Å². The number of carbonyl (C=O) groups excluding carboxylic acids is 3. The van der Waals surface area contributed by atoms with Crippen molar-refractivity contribution in [1.82, 2.24) is 0 Å². The van der Waals surface area contributed by atoms with Gasteiger partial charge in [0.25, 0.3) is 0 Å². The first-order chi connectivity index (χ1) is 17.9. The summed E-state index contributed by atoms with van der Waals surface area (Å²) in [7, 11) is 0. The molecule has 0 heterocycles. The Balaban J connectivity index is 1.42. The van der Waals surface area contributed by atoms with Gasteiger partial charge in [-0.15, -0.1) is 0 Å². The van der Waals surface area contributed by atoms with Crippen molar-refractivity contribution in [2.45, 2.75) is 19.8 Å². The van der Waals surface area contributed by atoms with E-state index >= 15 is 0 Å². The van der Waals surface area contributed by atoms with Crippen LogP contribution in [-0.4, -0.2) is 31.1 Å². The molecule has 190 valence electrons. The highest BCUT2D eigenvalue weighted by molar-refractivity contribution is 5.92. The van der Waals surface area contributed by atoms with E-state index in [0.717, 1.165) is 5.56 Å². The van der Waals surface area contributed by atoms with Crippen LogP contribution in [0.15, 0.2) is 91.5 Å². The smallest absolute Gasteiger partial charge is 0.343 e. The van der Waals surface area contributed by atoms with E-state index in [0.29, 0.717) is 60.0 Å². The average molecular weight is 501 g/mol. The first-order valence-corrected chi connectivity index (χ1v) is 11.7. The molecule has 0 radical (unpaired) electrons. The van der Waals surface area contributed by atoms with Gasteiger partial charge in [0.1, 0.15) is 17.2 Å². The molecule has 0 bridgehead atoms. The normalized spacial score (nSPS) is 10.2. The molecular weight excluding hydrogens is 472 g/mol. The minimum Gasteiger partial charge on any atom is -0.494 e. The predicted octanol–water partition coefficient (Wildman–Crippen LogP) is 6.05. The molecule has 3 aromatic rings. The molecule has 0 aromatic heterocycles. The molecule has 0 aliphatic carbocycles. The maximum Gasteiger partial charge on any atom is 0.343 e. The van der Waals surface area contributed by atoms with E-state index in [1.54, 1.807) is 85.8 Å². The van der Waals surface area contributed by atoms with Crippen molar-refractivity contribution in [2.24, 2.45) is 0 Å². The average Bonchev–Trinajstić information content (AvgIpc) is 2.91. The van der Waals surface area contributed by atoms with Crippen LogP contribution >= 0.6 is 0 Å². The van der Waals surface area contributed by atoms with Crippen LogP contribution in [0.5, 0.6) is 17.2 Å². The first-order valence-electron chi connectivity index (χ1n) is 11.7. The van der Waals surface area contributed by atoms with Gasteiger partial charge in [0.2, 0.25) is 0 Å². The van der Waals surface area contributed by atoms with E-state index in [4.69, 9.17) is 18.9 Å². The number of hydrogen-bond acceptors (Lipinski definition) is 7. The third-order valence-corrected chi connectivity index (χ3v) is 5.11. The van der Waals surface area contributed by atoms with Gasteiger partial charge >= 0.3 is 17.9 Å². The van der Waals surface area contributed by atoms with Crippen molar-refractivity contribution in [3.8, 4) is 17.2 Å². The molecule has 0 atom stereocenters. The topological polar surface area (TPSA) is 88.1 Å². The monoisotopic (exact) mass is 500 g/mol. The molecule has 0 fully saturated rings. The summed E-state index contributed by atoms with van der Waals surface area (Å²) in [5.41, 5.74) is 2.05. The molecule has 0 aliphatic heterocycles. The predicted molar refractivity (Wildman–Crippen MR) is 140 cm³/mol. The van der Waals surface area contributed by atoms with Crippen LogP contribution in [0.2, 0.25) is 0 Å². The van der Waals surface area contributed by atoms with E-state index < -0.39 is 17.9 Å². The molecule has 0 saturated heterocycles. The van der Waals surface area contributed by atoms with Crippen LogP contribution in [0.25, 0.3) is 6.08 Å². The summed E-state index contributed by atoms with van der Waals surface area (Å²) in [6.45, 7) is 9.57. The molecule has 0 unspecified atom stereocenters. The van der Waals surface area contributed by atoms with E-state index in [2.05, 4.69) is 13.2 Å². The Morgan fingerprint density at radius 3 is 1.65 bits per heavy atom. The summed E-state index contributed by atoms with van der Waals surface area (Å²) in [5.74, 6) is -0.165. The fourth-order valence-corrected chi connectivity index (χ4v) is 3.03. The molecular formula is C30H28O7. The lowest BCUT2D eigenvalue weighted by molar-refractivity contribution is -0.139. The van der Waals surface area contributed by atoms with Crippen molar-refractivity contribution in [1.29, 1.82) is 0 Å². The third kappa shape index (κ3) is 8.50. The summed E-state index contributed by atoms with van der Waals surface area (Å²) in [6, 6.07) is 19.7. The summed E-state index contributed by atoms with van der Waals surface area (Å²) < 4.78 is 21.4. The van der Waals surface area contributed by atoms with Gasteiger partial charge in [0.05, 0.1) is 24.3 Å². The van der Waals surface area contributed by atoms with Gasteiger partial charge in [-0.05, 0) is 86.0 Å². The first kappa shape index (κ1) is 26.9. The quantitative estimate of drug-likeness (QED) is 0.130. The third-order valence-electron chi connectivity index (χ3n) is 5.11. The van der Waals surface area contributed by atoms with Crippen molar-refractivity contribution in [3.05, 3.63) is 108 Å². The number of benzene rings is 3. The highest BCUT2D eigenvalue weighted by Gasteiger charge is 2.11. The second kappa shape index (κ2) is 13.4. The summed E-state index contributed by atoms with van der Waals surface area (Å²) in [5, 5.41) is 0.